The van der Waals surface area contributed by atoms with Crippen molar-refractivity contribution in [3.63, 3.8) is 0 Å². The van der Waals surface area contributed by atoms with Crippen molar-refractivity contribution in [3.05, 3.63) is 0 Å². The second kappa shape index (κ2) is 3.84. The Kier molecular flexibility index (Phi) is 2.88. The van der Waals surface area contributed by atoms with E-state index in [0.717, 1.165) is 17.9 Å². The molecule has 0 radical (unpaired) electrons. The SMILES string of the molecule is CC1CCC(NC(C)(C)C2CC2)CC1. The molecule has 2 rings (SSSR count). The van der Waals surface area contributed by atoms with Crippen molar-refractivity contribution in [3.8, 4) is 0 Å². The normalized spacial score (nSPS) is 34.5. The van der Waals surface area contributed by atoms with Gasteiger partial charge in [-0.25, -0.2) is 0 Å². The number of nitrogens with one attached hydrogen (secondary N) is 1. The number of rotatable bonds is 3. The molecule has 0 aromatic carbocycles. The summed E-state index contributed by atoms with van der Waals surface area (Å²) in [4.78, 5) is 0. The molecule has 0 aliphatic heterocycles. The Hall–Kier alpha value is -0.0400. The van der Waals surface area contributed by atoms with Gasteiger partial charge >= 0.3 is 0 Å². The summed E-state index contributed by atoms with van der Waals surface area (Å²) in [5, 5.41) is 3.88. The van der Waals surface area contributed by atoms with Gasteiger partial charge in [0.2, 0.25) is 0 Å². The molecule has 2 aliphatic carbocycles. The van der Waals surface area contributed by atoms with Crippen LogP contribution >= 0.6 is 0 Å². The van der Waals surface area contributed by atoms with E-state index in [1.54, 1.807) is 0 Å². The maximum Gasteiger partial charge on any atom is 0.0155 e. The van der Waals surface area contributed by atoms with Gasteiger partial charge in [0, 0.05) is 11.6 Å². The Bertz CT molecular complexity index is 185. The maximum atomic E-state index is 3.88. The van der Waals surface area contributed by atoms with Crippen LogP contribution in [0.3, 0.4) is 0 Å². The smallest absolute Gasteiger partial charge is 0.0155 e. The molecule has 1 heteroatoms. The first-order chi connectivity index (χ1) is 6.58. The average molecular weight is 195 g/mol. The molecule has 1 nitrogen and oxygen atoms in total. The lowest BCUT2D eigenvalue weighted by atomic mass is 9.85. The zero-order valence-electron chi connectivity index (χ0n) is 9.97. The van der Waals surface area contributed by atoms with Crippen molar-refractivity contribution >= 4 is 0 Å². The summed E-state index contributed by atoms with van der Waals surface area (Å²) in [7, 11) is 0. The molecule has 2 saturated carbocycles. The van der Waals surface area contributed by atoms with Crippen molar-refractivity contribution < 1.29 is 0 Å². The molecule has 0 spiro atoms. The second-order valence-corrected chi connectivity index (χ2v) is 6.10. The van der Waals surface area contributed by atoms with Crippen molar-refractivity contribution in [2.75, 3.05) is 0 Å². The van der Waals surface area contributed by atoms with E-state index >= 15 is 0 Å². The van der Waals surface area contributed by atoms with Gasteiger partial charge in [-0.3, -0.25) is 0 Å². The molecule has 14 heavy (non-hydrogen) atoms. The lowest BCUT2D eigenvalue weighted by Crippen LogP contribution is -2.48. The van der Waals surface area contributed by atoms with Crippen molar-refractivity contribution in [2.24, 2.45) is 11.8 Å². The standard InChI is InChI=1S/C13H25N/c1-10-4-8-12(9-5-10)14-13(2,3)11-6-7-11/h10-12,14H,4-9H2,1-3H3. The molecule has 2 aliphatic rings. The van der Waals surface area contributed by atoms with E-state index < -0.39 is 0 Å². The summed E-state index contributed by atoms with van der Waals surface area (Å²) >= 11 is 0. The third-order valence-corrected chi connectivity index (χ3v) is 4.19. The van der Waals surface area contributed by atoms with Crippen LogP contribution in [0.2, 0.25) is 0 Å². The summed E-state index contributed by atoms with van der Waals surface area (Å²) in [6.07, 6.45) is 8.55. The third-order valence-electron chi connectivity index (χ3n) is 4.19. The zero-order valence-corrected chi connectivity index (χ0v) is 9.97. The minimum atomic E-state index is 0.408. The van der Waals surface area contributed by atoms with E-state index in [2.05, 4.69) is 26.1 Å². The molecule has 0 saturated heterocycles. The van der Waals surface area contributed by atoms with Crippen LogP contribution in [-0.2, 0) is 0 Å². The number of hydrogen-bond acceptors (Lipinski definition) is 1. The van der Waals surface area contributed by atoms with Crippen molar-refractivity contribution in [1.29, 1.82) is 0 Å². The summed E-state index contributed by atoms with van der Waals surface area (Å²) in [6.45, 7) is 7.17. The molecular weight excluding hydrogens is 170 g/mol. The molecule has 0 heterocycles. The molecular formula is C13H25N. The minimum absolute atomic E-state index is 0.408. The van der Waals surface area contributed by atoms with Crippen LogP contribution in [0, 0.1) is 11.8 Å². The molecule has 0 bridgehead atoms. The van der Waals surface area contributed by atoms with Crippen LogP contribution in [0.4, 0.5) is 0 Å². The average Bonchev–Trinajstić information content (AvgIpc) is 2.91. The van der Waals surface area contributed by atoms with Gasteiger partial charge in [0.15, 0.2) is 0 Å². The van der Waals surface area contributed by atoms with Crippen molar-refractivity contribution in [2.45, 2.75) is 70.9 Å². The fraction of sp³-hybridized carbons (Fsp3) is 1.00. The predicted octanol–water partition coefficient (Wildman–Crippen LogP) is 3.34. The molecule has 0 atom stereocenters. The summed E-state index contributed by atoms with van der Waals surface area (Å²) in [6, 6.07) is 0.807. The predicted molar refractivity (Wildman–Crippen MR) is 61.4 cm³/mol. The van der Waals surface area contributed by atoms with Gasteiger partial charge in [-0.2, -0.15) is 0 Å². The molecule has 0 aromatic heterocycles. The van der Waals surface area contributed by atoms with Gasteiger partial charge in [0.25, 0.3) is 0 Å². The quantitative estimate of drug-likeness (QED) is 0.728. The highest BCUT2D eigenvalue weighted by molar-refractivity contribution is 4.96. The van der Waals surface area contributed by atoms with E-state index in [0.29, 0.717) is 5.54 Å². The van der Waals surface area contributed by atoms with Crippen molar-refractivity contribution in [1.82, 2.24) is 5.32 Å². The molecule has 1 N–H and O–H groups in total. The van der Waals surface area contributed by atoms with Gasteiger partial charge in [0.1, 0.15) is 0 Å². The highest BCUT2D eigenvalue weighted by Gasteiger charge is 2.38. The van der Waals surface area contributed by atoms with Gasteiger partial charge in [0.05, 0.1) is 0 Å². The van der Waals surface area contributed by atoms with Crippen LogP contribution < -0.4 is 5.32 Å². The van der Waals surface area contributed by atoms with Gasteiger partial charge < -0.3 is 5.32 Å². The Labute approximate surface area is 88.7 Å². The fourth-order valence-corrected chi connectivity index (χ4v) is 2.85. The van der Waals surface area contributed by atoms with E-state index in [1.165, 1.54) is 38.5 Å². The molecule has 82 valence electrons. The van der Waals surface area contributed by atoms with E-state index in [9.17, 15) is 0 Å². The first-order valence-electron chi connectivity index (χ1n) is 6.35. The first-order valence-corrected chi connectivity index (χ1v) is 6.35. The summed E-state index contributed by atoms with van der Waals surface area (Å²) in [5.41, 5.74) is 0.408. The molecule has 2 fully saturated rings. The van der Waals surface area contributed by atoms with E-state index in [4.69, 9.17) is 0 Å². The third kappa shape index (κ3) is 2.50. The Morgan fingerprint density at radius 3 is 2.00 bits per heavy atom. The maximum absolute atomic E-state index is 3.88. The zero-order chi connectivity index (χ0) is 10.2. The lowest BCUT2D eigenvalue weighted by molar-refractivity contribution is 0.231. The van der Waals surface area contributed by atoms with E-state index in [1.807, 2.05) is 0 Å². The summed E-state index contributed by atoms with van der Waals surface area (Å²) < 4.78 is 0. The van der Waals surface area contributed by atoms with E-state index in [-0.39, 0.29) is 0 Å². The highest BCUT2D eigenvalue weighted by atomic mass is 15.0. The van der Waals surface area contributed by atoms with Crippen LogP contribution in [-0.4, -0.2) is 11.6 Å². The number of hydrogen-bond donors (Lipinski definition) is 1. The van der Waals surface area contributed by atoms with Gasteiger partial charge in [-0.15, -0.1) is 0 Å². The Balaban J connectivity index is 1.79. The monoisotopic (exact) mass is 195 g/mol. The van der Waals surface area contributed by atoms with Crippen LogP contribution in [0.25, 0.3) is 0 Å². The Morgan fingerprint density at radius 2 is 1.50 bits per heavy atom. The first kappa shape index (κ1) is 10.5. The van der Waals surface area contributed by atoms with Gasteiger partial charge in [-0.1, -0.05) is 6.92 Å². The van der Waals surface area contributed by atoms with Gasteiger partial charge in [-0.05, 0) is 64.2 Å². The topological polar surface area (TPSA) is 12.0 Å². The van der Waals surface area contributed by atoms with Crippen LogP contribution in [0.1, 0.15) is 59.3 Å². The lowest BCUT2D eigenvalue weighted by Gasteiger charge is -2.35. The second-order valence-electron chi connectivity index (χ2n) is 6.10. The molecule has 0 unspecified atom stereocenters. The van der Waals surface area contributed by atoms with Crippen LogP contribution in [0.15, 0.2) is 0 Å². The fourth-order valence-electron chi connectivity index (χ4n) is 2.85. The molecule has 0 aromatic rings. The summed E-state index contributed by atoms with van der Waals surface area (Å²) in [5.74, 6) is 1.93. The molecule has 0 amide bonds. The Morgan fingerprint density at radius 1 is 0.929 bits per heavy atom. The van der Waals surface area contributed by atoms with Crippen LogP contribution in [0.5, 0.6) is 0 Å². The minimum Gasteiger partial charge on any atom is -0.309 e. The highest BCUT2D eigenvalue weighted by Crippen LogP contribution is 2.40. The largest absolute Gasteiger partial charge is 0.309 e.